The molecule has 1 unspecified atom stereocenters. The Kier molecular flexibility index (Phi) is 3.20. The Bertz CT molecular complexity index is 206. The van der Waals surface area contributed by atoms with E-state index in [0.717, 1.165) is 6.42 Å². The van der Waals surface area contributed by atoms with Gasteiger partial charge >= 0.3 is 0 Å². The van der Waals surface area contributed by atoms with Crippen LogP contribution in [0.4, 0.5) is 0 Å². The molecular formula is C10H16N2. The summed E-state index contributed by atoms with van der Waals surface area (Å²) in [6, 6.07) is 0.632. The van der Waals surface area contributed by atoms with Crippen molar-refractivity contribution in [2.24, 2.45) is 15.9 Å². The summed E-state index contributed by atoms with van der Waals surface area (Å²) in [4.78, 5) is 8.49. The van der Waals surface area contributed by atoms with Gasteiger partial charge in [0.25, 0.3) is 0 Å². The van der Waals surface area contributed by atoms with Gasteiger partial charge in [0.1, 0.15) is 0 Å². The van der Waals surface area contributed by atoms with E-state index in [1.165, 1.54) is 0 Å². The number of hydrogen-bond donors (Lipinski definition) is 0. The van der Waals surface area contributed by atoms with Crippen molar-refractivity contribution in [3.05, 3.63) is 12.2 Å². The van der Waals surface area contributed by atoms with E-state index in [1.54, 1.807) is 0 Å². The van der Waals surface area contributed by atoms with Crippen LogP contribution in [0.25, 0.3) is 0 Å². The average molecular weight is 164 g/mol. The smallest absolute Gasteiger partial charge is 0.0722 e. The lowest BCUT2D eigenvalue weighted by atomic mass is 9.93. The van der Waals surface area contributed by atoms with Crippen LogP contribution in [0.2, 0.25) is 0 Å². The van der Waals surface area contributed by atoms with E-state index in [9.17, 15) is 0 Å². The second-order valence-electron chi connectivity index (χ2n) is 3.19. The lowest BCUT2D eigenvalue weighted by Gasteiger charge is -2.21. The second-order valence-corrected chi connectivity index (χ2v) is 3.19. The third-order valence-electron chi connectivity index (χ3n) is 2.45. The van der Waals surface area contributed by atoms with E-state index in [0.29, 0.717) is 12.0 Å². The summed E-state index contributed by atoms with van der Waals surface area (Å²) in [5.41, 5.74) is 0. The van der Waals surface area contributed by atoms with Gasteiger partial charge < -0.3 is 0 Å². The molecule has 0 N–H and O–H groups in total. The van der Waals surface area contributed by atoms with Crippen molar-refractivity contribution in [2.75, 3.05) is 0 Å². The molecule has 0 saturated heterocycles. The highest BCUT2D eigenvalue weighted by molar-refractivity contribution is 5.71. The van der Waals surface area contributed by atoms with Gasteiger partial charge in [0, 0.05) is 12.1 Å². The van der Waals surface area contributed by atoms with Crippen LogP contribution in [0.5, 0.6) is 0 Å². The van der Waals surface area contributed by atoms with E-state index in [-0.39, 0.29) is 6.04 Å². The highest BCUT2D eigenvalue weighted by Crippen LogP contribution is 2.20. The maximum Gasteiger partial charge on any atom is 0.0722 e. The monoisotopic (exact) mass is 164 g/mol. The highest BCUT2D eigenvalue weighted by Gasteiger charge is 2.21. The third kappa shape index (κ3) is 1.81. The average Bonchev–Trinajstić information content (AvgIpc) is 2.27. The molecule has 0 aromatic heterocycles. The van der Waals surface area contributed by atoms with E-state index in [1.807, 2.05) is 12.3 Å². The van der Waals surface area contributed by atoms with Gasteiger partial charge in [0.2, 0.25) is 0 Å². The maximum atomic E-state index is 4.42. The maximum absolute atomic E-state index is 4.42. The summed E-state index contributed by atoms with van der Waals surface area (Å²) >= 11 is 0. The zero-order chi connectivity index (χ0) is 8.97. The molecule has 1 rings (SSSR count). The van der Waals surface area contributed by atoms with E-state index < -0.39 is 0 Å². The first-order valence-electron chi connectivity index (χ1n) is 4.45. The minimum atomic E-state index is 0.234. The van der Waals surface area contributed by atoms with Gasteiger partial charge in [-0.1, -0.05) is 19.9 Å². The van der Waals surface area contributed by atoms with E-state index in [4.69, 9.17) is 0 Å². The molecule has 2 heteroatoms. The van der Waals surface area contributed by atoms with Crippen molar-refractivity contribution in [1.29, 1.82) is 0 Å². The second kappa shape index (κ2) is 4.19. The van der Waals surface area contributed by atoms with Gasteiger partial charge in [-0.15, -0.1) is 0 Å². The Labute approximate surface area is 74.1 Å². The summed E-state index contributed by atoms with van der Waals surface area (Å²) in [5.74, 6) is 0.475. The summed E-state index contributed by atoms with van der Waals surface area (Å²) in [5, 5.41) is 0. The zero-order valence-corrected chi connectivity index (χ0v) is 7.77. The largest absolute Gasteiger partial charge is 0.293 e. The number of aliphatic imine (C=N–C) groups is 2. The molecule has 1 aliphatic heterocycles. The highest BCUT2D eigenvalue weighted by atomic mass is 14.8. The molecule has 0 aromatic carbocycles. The van der Waals surface area contributed by atoms with Gasteiger partial charge in [0.15, 0.2) is 0 Å². The Morgan fingerprint density at radius 3 is 2.92 bits per heavy atom. The van der Waals surface area contributed by atoms with Crippen LogP contribution in [0, 0.1) is 5.92 Å². The summed E-state index contributed by atoms with van der Waals surface area (Å²) in [6.45, 7) is 7.93. The Morgan fingerprint density at radius 1 is 1.58 bits per heavy atom. The fourth-order valence-corrected chi connectivity index (χ4v) is 1.57. The van der Waals surface area contributed by atoms with Crippen molar-refractivity contribution in [3.8, 4) is 0 Å². The first-order valence-corrected chi connectivity index (χ1v) is 4.45. The normalized spacial score (nSPS) is 34.7. The molecule has 0 saturated carbocycles. The van der Waals surface area contributed by atoms with Crippen molar-refractivity contribution in [2.45, 2.75) is 32.4 Å². The molecule has 1 heterocycles. The SMILES string of the molecule is C=N[C@H]1C=CC=NC(CC)[C@H]1C. The Balaban J connectivity index is 2.76. The van der Waals surface area contributed by atoms with Crippen molar-refractivity contribution in [3.63, 3.8) is 0 Å². The quantitative estimate of drug-likeness (QED) is 0.558. The molecule has 0 radical (unpaired) electrons. The van der Waals surface area contributed by atoms with Gasteiger partial charge in [-0.2, -0.15) is 0 Å². The molecule has 3 atom stereocenters. The zero-order valence-electron chi connectivity index (χ0n) is 7.77. The fourth-order valence-electron chi connectivity index (χ4n) is 1.57. The van der Waals surface area contributed by atoms with Crippen LogP contribution in [0.3, 0.4) is 0 Å². The lowest BCUT2D eigenvalue weighted by Crippen LogP contribution is -2.24. The molecule has 66 valence electrons. The van der Waals surface area contributed by atoms with Crippen LogP contribution >= 0.6 is 0 Å². The topological polar surface area (TPSA) is 24.7 Å². The van der Waals surface area contributed by atoms with E-state index >= 15 is 0 Å². The lowest BCUT2D eigenvalue weighted by molar-refractivity contribution is 0.416. The number of rotatable bonds is 2. The third-order valence-corrected chi connectivity index (χ3v) is 2.45. The molecule has 0 amide bonds. The first-order chi connectivity index (χ1) is 5.79. The first kappa shape index (κ1) is 9.17. The number of nitrogens with zero attached hydrogens (tertiary/aromatic N) is 2. The van der Waals surface area contributed by atoms with Crippen molar-refractivity contribution < 1.29 is 0 Å². The van der Waals surface area contributed by atoms with Crippen molar-refractivity contribution >= 4 is 12.9 Å². The Morgan fingerprint density at radius 2 is 2.33 bits per heavy atom. The molecule has 0 aromatic rings. The van der Waals surface area contributed by atoms with E-state index in [2.05, 4.69) is 36.6 Å². The molecule has 0 bridgehead atoms. The number of hydrogen-bond acceptors (Lipinski definition) is 2. The summed E-state index contributed by atoms with van der Waals surface area (Å²) in [7, 11) is 0. The van der Waals surface area contributed by atoms with Crippen LogP contribution in [0.1, 0.15) is 20.3 Å². The predicted octanol–water partition coefficient (Wildman–Crippen LogP) is 2.11. The molecule has 0 aliphatic carbocycles. The summed E-state index contributed by atoms with van der Waals surface area (Å²) in [6.07, 6.45) is 6.98. The molecule has 0 spiro atoms. The fraction of sp³-hybridized carbons (Fsp3) is 0.600. The van der Waals surface area contributed by atoms with Crippen LogP contribution in [-0.4, -0.2) is 25.0 Å². The minimum absolute atomic E-state index is 0.234. The van der Waals surface area contributed by atoms with Gasteiger partial charge in [-0.05, 0) is 19.2 Å². The summed E-state index contributed by atoms with van der Waals surface area (Å²) < 4.78 is 0. The van der Waals surface area contributed by atoms with Gasteiger partial charge in [-0.25, -0.2) is 0 Å². The molecule has 2 nitrogen and oxygen atoms in total. The molecule has 12 heavy (non-hydrogen) atoms. The predicted molar refractivity (Wildman–Crippen MR) is 54.2 cm³/mol. The van der Waals surface area contributed by atoms with Crippen LogP contribution in [-0.2, 0) is 0 Å². The van der Waals surface area contributed by atoms with Crippen molar-refractivity contribution in [1.82, 2.24) is 0 Å². The van der Waals surface area contributed by atoms with Crippen LogP contribution in [0.15, 0.2) is 22.1 Å². The molecule has 1 aliphatic rings. The molecular weight excluding hydrogens is 148 g/mol. The van der Waals surface area contributed by atoms with Gasteiger partial charge in [-0.3, -0.25) is 9.98 Å². The van der Waals surface area contributed by atoms with Crippen LogP contribution < -0.4 is 0 Å². The standard InChI is InChI=1S/C10H16N2/c1-4-9-8(2)10(11-3)6-5-7-12-9/h5-10H,3-4H2,1-2H3/t8-,9?,10+/m1/s1. The number of allylic oxidation sites excluding steroid dienone is 1. The van der Waals surface area contributed by atoms with Gasteiger partial charge in [0.05, 0.1) is 12.1 Å². The molecule has 0 fully saturated rings. The Hall–Kier alpha value is -0.920. The minimum Gasteiger partial charge on any atom is -0.293 e.